The van der Waals surface area contributed by atoms with Crippen molar-refractivity contribution in [2.45, 2.75) is 0 Å². The van der Waals surface area contributed by atoms with Crippen LogP contribution in [-0.4, -0.2) is 47.1 Å². The summed E-state index contributed by atoms with van der Waals surface area (Å²) in [6, 6.07) is 62.9. The molecule has 12 aromatic rings. The molecule has 0 bridgehead atoms. The number of benzene rings is 8. The Hall–Kier alpha value is -7.20. The van der Waals surface area contributed by atoms with Gasteiger partial charge in [-0.05, 0) is 72.1 Å². The number of furan rings is 2. The Balaban J connectivity index is 0.000000129. The molecule has 68 heavy (non-hydrogen) atoms. The molecule has 0 aliphatic heterocycles. The number of halogens is 3. The average Bonchev–Trinajstić information content (AvgIpc) is 3.99. The minimum absolute atomic E-state index is 0.0669. The summed E-state index contributed by atoms with van der Waals surface area (Å²) in [5, 5.41) is 23.1. The Labute approximate surface area is 415 Å². The summed E-state index contributed by atoms with van der Waals surface area (Å²) in [5.74, 6) is 2.66. The molecule has 0 atom stereocenters. The van der Waals surface area contributed by atoms with Crippen molar-refractivity contribution >= 4 is 105 Å². The monoisotopic (exact) mass is 1080 g/mol. The maximum Gasteiger partial charge on any atom is 0.528 e. The predicted molar refractivity (Wildman–Crippen MR) is 281 cm³/mol. The number of hydrogen-bond acceptors (Lipinski definition) is 10. The van der Waals surface area contributed by atoms with E-state index in [1.807, 2.05) is 170 Å². The first kappa shape index (κ1) is 44.6. The molecule has 0 radical (unpaired) electrons. The Bertz CT molecular complexity index is 3540. The average molecular weight is 1080 g/mol. The number of para-hydroxylation sites is 4. The second-order valence-corrected chi connectivity index (χ2v) is 17.8. The van der Waals surface area contributed by atoms with Crippen LogP contribution in [0.5, 0.6) is 0 Å². The van der Waals surface area contributed by atoms with Gasteiger partial charge in [0.2, 0.25) is 0 Å². The van der Waals surface area contributed by atoms with Crippen LogP contribution in [0.15, 0.2) is 216 Å². The molecule has 10 nitrogen and oxygen atoms in total. The fraction of sp³-hybridized carbons (Fsp3) is 0. The zero-order chi connectivity index (χ0) is 46.6. The van der Waals surface area contributed by atoms with E-state index in [0.717, 1.165) is 85.1 Å². The molecular weight excluding hydrogens is 1050 g/mol. The molecule has 0 fully saturated rings. The van der Waals surface area contributed by atoms with Gasteiger partial charge in [-0.15, -0.1) is 0 Å². The van der Waals surface area contributed by atoms with E-state index in [2.05, 4.69) is 87.0 Å². The lowest BCUT2D eigenvalue weighted by Crippen LogP contribution is -2.36. The van der Waals surface area contributed by atoms with E-state index in [0.29, 0.717) is 29.1 Å². The van der Waals surface area contributed by atoms with Crippen LogP contribution in [-0.2, 0) is 0 Å². The van der Waals surface area contributed by atoms with E-state index in [-0.39, 0.29) is 5.72 Å². The quantitative estimate of drug-likeness (QED) is 0.154. The first-order valence-electron chi connectivity index (χ1n) is 21.2. The van der Waals surface area contributed by atoms with Gasteiger partial charge in [-0.3, -0.25) is 0 Å². The molecule has 0 aliphatic rings. The number of nitrogens with zero attached hydrogens (tertiary/aromatic N) is 6. The number of aromatic nitrogens is 6. The maximum atomic E-state index is 9.37. The predicted octanol–water partition coefficient (Wildman–Crippen LogP) is 13.5. The molecular formula is C54H34BBr3N6O4. The van der Waals surface area contributed by atoms with E-state index < -0.39 is 7.12 Å². The van der Waals surface area contributed by atoms with Gasteiger partial charge in [-0.25, -0.2) is 29.9 Å². The highest BCUT2D eigenvalue weighted by Crippen LogP contribution is 2.39. The first-order valence-corrected chi connectivity index (χ1v) is 23.6. The molecule has 12 rings (SSSR count). The third-order valence-electron chi connectivity index (χ3n) is 10.8. The van der Waals surface area contributed by atoms with Crippen molar-refractivity contribution in [3.8, 4) is 56.9 Å². The number of rotatable bonds is 6. The number of fused-ring (bicyclic) bond motifs is 6. The highest BCUT2D eigenvalue weighted by atomic mass is 79.9. The van der Waals surface area contributed by atoms with Crippen molar-refractivity contribution < 1.29 is 18.9 Å². The molecule has 14 heteroatoms. The van der Waals surface area contributed by atoms with Gasteiger partial charge in [0, 0.05) is 43.8 Å². The molecule has 0 aliphatic carbocycles. The lowest BCUT2D eigenvalue weighted by atomic mass is 9.90. The van der Waals surface area contributed by atoms with E-state index >= 15 is 0 Å². The van der Waals surface area contributed by atoms with Crippen molar-refractivity contribution in [1.29, 1.82) is 0 Å². The maximum absolute atomic E-state index is 9.37. The SMILES string of the molecule is Brc1cccc2c1oc1c(-c3nc(-c4ccccc4)nc(-c4ccccc4)n3)cccc12.Brc1cccc2c1oc1c(Br)cccc12.OB(O)c1nc(-c2ccccc2)nc(-c2ccccc2)n1. The van der Waals surface area contributed by atoms with Crippen molar-refractivity contribution in [3.05, 3.63) is 208 Å². The van der Waals surface area contributed by atoms with E-state index in [1.54, 1.807) is 0 Å². The van der Waals surface area contributed by atoms with Crippen LogP contribution in [0.1, 0.15) is 0 Å². The lowest BCUT2D eigenvalue weighted by Gasteiger charge is -2.08. The van der Waals surface area contributed by atoms with Gasteiger partial charge < -0.3 is 18.9 Å². The van der Waals surface area contributed by atoms with Gasteiger partial charge >= 0.3 is 7.12 Å². The molecule has 0 spiro atoms. The molecule has 4 heterocycles. The highest BCUT2D eigenvalue weighted by Gasteiger charge is 2.21. The molecule has 0 saturated carbocycles. The van der Waals surface area contributed by atoms with Crippen LogP contribution < -0.4 is 5.72 Å². The van der Waals surface area contributed by atoms with Crippen LogP contribution in [0.2, 0.25) is 0 Å². The smallest absolute Gasteiger partial charge is 0.454 e. The summed E-state index contributed by atoms with van der Waals surface area (Å²) in [7, 11) is -1.74. The van der Waals surface area contributed by atoms with Crippen LogP contribution in [0.4, 0.5) is 0 Å². The topological polar surface area (TPSA) is 144 Å². The van der Waals surface area contributed by atoms with Crippen molar-refractivity contribution in [3.63, 3.8) is 0 Å². The second-order valence-electron chi connectivity index (χ2n) is 15.2. The summed E-state index contributed by atoms with van der Waals surface area (Å²) in [4.78, 5) is 27.1. The Morgan fingerprint density at radius 1 is 0.309 bits per heavy atom. The van der Waals surface area contributed by atoms with E-state index in [1.165, 1.54) is 0 Å². The van der Waals surface area contributed by atoms with Gasteiger partial charge in [-0.2, -0.15) is 0 Å². The van der Waals surface area contributed by atoms with Gasteiger partial charge in [0.05, 0.1) is 19.0 Å². The summed E-state index contributed by atoms with van der Waals surface area (Å²) in [5.41, 5.74) is 7.61. The Kier molecular flexibility index (Phi) is 13.1. The van der Waals surface area contributed by atoms with Crippen molar-refractivity contribution in [2.24, 2.45) is 0 Å². The first-order chi connectivity index (χ1) is 33.3. The molecule has 4 aromatic heterocycles. The third-order valence-corrected chi connectivity index (χ3v) is 12.7. The fourth-order valence-electron chi connectivity index (χ4n) is 7.58. The zero-order valence-electron chi connectivity index (χ0n) is 35.6. The van der Waals surface area contributed by atoms with Crippen LogP contribution in [0, 0.1) is 0 Å². The van der Waals surface area contributed by atoms with Crippen molar-refractivity contribution in [2.75, 3.05) is 0 Å². The molecule has 8 aromatic carbocycles. The third kappa shape index (κ3) is 9.37. The van der Waals surface area contributed by atoms with Crippen LogP contribution >= 0.6 is 47.8 Å². The van der Waals surface area contributed by atoms with E-state index in [4.69, 9.17) is 23.8 Å². The minimum atomic E-state index is -1.74. The number of hydrogen-bond donors (Lipinski definition) is 2. The normalized spacial score (nSPS) is 11.0. The molecule has 0 unspecified atom stereocenters. The molecule has 2 N–H and O–H groups in total. The zero-order valence-corrected chi connectivity index (χ0v) is 40.3. The van der Waals surface area contributed by atoms with Gasteiger partial charge in [0.25, 0.3) is 0 Å². The fourth-order valence-corrected chi connectivity index (χ4v) is 8.92. The van der Waals surface area contributed by atoms with Crippen molar-refractivity contribution in [1.82, 2.24) is 29.9 Å². The molecule has 0 saturated heterocycles. The highest BCUT2D eigenvalue weighted by molar-refractivity contribution is 9.11. The Morgan fingerprint density at radius 3 is 0.956 bits per heavy atom. The standard InChI is InChI=1S/C27H16BrN3O.C15H12BN3O2.C12H6Br2O/c28-22-16-8-14-20-19-13-7-15-21(23(19)32-24(20)22)27-30-25(17-9-3-1-4-10-17)29-26(31-27)18-11-5-2-6-12-18;20-16(21)15-18-13(11-7-3-1-4-8-11)17-14(19-15)12-9-5-2-6-10-12;13-9-5-1-3-7-8-4-2-6-10(14)12(8)15-11(7)9/h1-16H;1-10,20-21H;1-6H. The largest absolute Gasteiger partial charge is 0.528 e. The van der Waals surface area contributed by atoms with Gasteiger partial charge in [0.1, 0.15) is 22.3 Å². The lowest BCUT2D eigenvalue weighted by molar-refractivity contribution is 0.422. The summed E-state index contributed by atoms with van der Waals surface area (Å²) < 4.78 is 15.0. The second kappa shape index (κ2) is 20.0. The van der Waals surface area contributed by atoms with E-state index in [9.17, 15) is 10.0 Å². The summed E-state index contributed by atoms with van der Waals surface area (Å²) in [6.45, 7) is 0. The van der Waals surface area contributed by atoms with Crippen LogP contribution in [0.25, 0.3) is 101 Å². The van der Waals surface area contributed by atoms with Gasteiger partial charge in [0.15, 0.2) is 34.8 Å². The van der Waals surface area contributed by atoms with Crippen LogP contribution in [0.3, 0.4) is 0 Å². The molecule has 0 amide bonds. The van der Waals surface area contributed by atoms with Gasteiger partial charge in [-0.1, -0.05) is 170 Å². The summed E-state index contributed by atoms with van der Waals surface area (Å²) in [6.07, 6.45) is 0. The summed E-state index contributed by atoms with van der Waals surface area (Å²) >= 11 is 10.6. The minimum Gasteiger partial charge on any atom is -0.454 e. The Morgan fingerprint density at radius 2 is 0.603 bits per heavy atom. The molecule has 328 valence electrons.